The average Bonchev–Trinajstić information content (AvgIpc) is 2.58. The van der Waals surface area contributed by atoms with Crippen molar-refractivity contribution in [2.75, 3.05) is 10.6 Å². The summed E-state index contributed by atoms with van der Waals surface area (Å²) in [6.45, 7) is 11.0. The molecular formula is C22H28N2O3. The van der Waals surface area contributed by atoms with E-state index in [2.05, 4.69) is 10.6 Å². The Hall–Kier alpha value is -2.82. The van der Waals surface area contributed by atoms with Crippen molar-refractivity contribution < 1.29 is 14.3 Å². The fourth-order valence-corrected chi connectivity index (χ4v) is 2.51. The van der Waals surface area contributed by atoms with Crippen molar-refractivity contribution in [1.82, 2.24) is 0 Å². The summed E-state index contributed by atoms with van der Waals surface area (Å²) in [6, 6.07) is 12.9. The quantitative estimate of drug-likeness (QED) is 0.727. The molecule has 0 heterocycles. The first-order valence-corrected chi connectivity index (χ1v) is 9.06. The van der Waals surface area contributed by atoms with Crippen molar-refractivity contribution in [2.45, 2.75) is 47.6 Å². The van der Waals surface area contributed by atoms with Crippen LogP contribution in [0, 0.1) is 19.3 Å². The molecule has 0 atom stereocenters. The van der Waals surface area contributed by atoms with Gasteiger partial charge in [0.25, 0.3) is 0 Å². The SMILES string of the molecule is Cc1ccc(NC(=O)C(C)(C)C(=O)Nc2ccc(OC(C)C)cc2)c(C)c1. The van der Waals surface area contributed by atoms with Crippen molar-refractivity contribution in [3.05, 3.63) is 53.6 Å². The molecule has 2 aromatic carbocycles. The molecule has 0 bridgehead atoms. The van der Waals surface area contributed by atoms with Crippen molar-refractivity contribution in [2.24, 2.45) is 5.41 Å². The van der Waals surface area contributed by atoms with E-state index in [1.807, 2.05) is 45.9 Å². The number of hydrogen-bond donors (Lipinski definition) is 2. The highest BCUT2D eigenvalue weighted by atomic mass is 16.5. The number of aryl methyl sites for hydroxylation is 2. The second-order valence-corrected chi connectivity index (χ2v) is 7.54. The minimum absolute atomic E-state index is 0.0818. The molecule has 2 N–H and O–H groups in total. The Morgan fingerprint density at radius 1 is 0.926 bits per heavy atom. The molecule has 5 nitrogen and oxygen atoms in total. The highest BCUT2D eigenvalue weighted by Gasteiger charge is 2.36. The van der Waals surface area contributed by atoms with Crippen molar-refractivity contribution in [3.63, 3.8) is 0 Å². The smallest absolute Gasteiger partial charge is 0.239 e. The lowest BCUT2D eigenvalue weighted by Gasteiger charge is -2.23. The van der Waals surface area contributed by atoms with Gasteiger partial charge in [-0.25, -0.2) is 0 Å². The number of carbonyl (C=O) groups is 2. The monoisotopic (exact) mass is 368 g/mol. The van der Waals surface area contributed by atoms with E-state index in [0.717, 1.165) is 16.9 Å². The highest BCUT2D eigenvalue weighted by Crippen LogP contribution is 2.24. The van der Waals surface area contributed by atoms with Gasteiger partial charge in [-0.2, -0.15) is 0 Å². The Labute approximate surface area is 161 Å². The number of rotatable bonds is 6. The van der Waals surface area contributed by atoms with Gasteiger partial charge in [0.1, 0.15) is 11.2 Å². The summed E-state index contributed by atoms with van der Waals surface area (Å²) < 4.78 is 5.59. The van der Waals surface area contributed by atoms with Crippen LogP contribution in [0.2, 0.25) is 0 Å². The normalized spacial score (nSPS) is 11.2. The van der Waals surface area contributed by atoms with Crippen LogP contribution in [0.1, 0.15) is 38.8 Å². The molecule has 2 aromatic rings. The Kier molecular flexibility index (Phi) is 6.26. The van der Waals surface area contributed by atoms with Gasteiger partial charge in [0.05, 0.1) is 6.10 Å². The minimum Gasteiger partial charge on any atom is -0.491 e. The second-order valence-electron chi connectivity index (χ2n) is 7.54. The second kappa shape index (κ2) is 8.25. The molecule has 0 aliphatic carbocycles. The summed E-state index contributed by atoms with van der Waals surface area (Å²) in [6.07, 6.45) is 0.0818. The summed E-state index contributed by atoms with van der Waals surface area (Å²) in [5, 5.41) is 5.65. The van der Waals surface area contributed by atoms with E-state index in [9.17, 15) is 9.59 Å². The largest absolute Gasteiger partial charge is 0.491 e. The van der Waals surface area contributed by atoms with Gasteiger partial charge < -0.3 is 15.4 Å². The lowest BCUT2D eigenvalue weighted by Crippen LogP contribution is -2.41. The Bertz CT molecular complexity index is 824. The lowest BCUT2D eigenvalue weighted by atomic mass is 9.90. The molecule has 2 rings (SSSR count). The van der Waals surface area contributed by atoms with Gasteiger partial charge >= 0.3 is 0 Å². The van der Waals surface area contributed by atoms with E-state index in [1.54, 1.807) is 38.1 Å². The van der Waals surface area contributed by atoms with E-state index >= 15 is 0 Å². The zero-order chi connectivity index (χ0) is 20.2. The molecule has 0 saturated carbocycles. The lowest BCUT2D eigenvalue weighted by molar-refractivity contribution is -0.135. The molecule has 0 spiro atoms. The molecule has 0 fully saturated rings. The Morgan fingerprint density at radius 3 is 2.07 bits per heavy atom. The van der Waals surface area contributed by atoms with E-state index in [1.165, 1.54) is 0 Å². The van der Waals surface area contributed by atoms with Crippen molar-refractivity contribution in [3.8, 4) is 5.75 Å². The molecule has 2 amide bonds. The maximum atomic E-state index is 12.7. The highest BCUT2D eigenvalue weighted by molar-refractivity contribution is 6.14. The first-order valence-electron chi connectivity index (χ1n) is 9.06. The number of nitrogens with one attached hydrogen (secondary N) is 2. The zero-order valence-electron chi connectivity index (χ0n) is 16.8. The van der Waals surface area contributed by atoms with Gasteiger partial charge in [-0.15, -0.1) is 0 Å². The maximum Gasteiger partial charge on any atom is 0.239 e. The number of carbonyl (C=O) groups excluding carboxylic acids is 2. The number of anilines is 2. The topological polar surface area (TPSA) is 67.4 Å². The molecule has 144 valence electrons. The molecule has 27 heavy (non-hydrogen) atoms. The number of benzene rings is 2. The third-order valence-electron chi connectivity index (χ3n) is 4.25. The predicted molar refractivity (Wildman–Crippen MR) is 109 cm³/mol. The molecule has 0 aromatic heterocycles. The molecule has 0 saturated heterocycles. The van der Waals surface area contributed by atoms with Gasteiger partial charge in [-0.05, 0) is 77.4 Å². The third-order valence-corrected chi connectivity index (χ3v) is 4.25. The first-order chi connectivity index (χ1) is 12.6. The average molecular weight is 368 g/mol. The van der Waals surface area contributed by atoms with Crippen LogP contribution in [0.3, 0.4) is 0 Å². The van der Waals surface area contributed by atoms with Gasteiger partial charge in [0.2, 0.25) is 11.8 Å². The van der Waals surface area contributed by atoms with Crippen LogP contribution < -0.4 is 15.4 Å². The van der Waals surface area contributed by atoms with Crippen LogP contribution in [0.4, 0.5) is 11.4 Å². The molecule has 0 radical (unpaired) electrons. The van der Waals surface area contributed by atoms with E-state index in [4.69, 9.17) is 4.74 Å². The van der Waals surface area contributed by atoms with Crippen molar-refractivity contribution in [1.29, 1.82) is 0 Å². The minimum atomic E-state index is -1.23. The molecule has 0 unspecified atom stereocenters. The third kappa shape index (κ3) is 5.33. The predicted octanol–water partition coefficient (Wildman–Crippen LogP) is 4.69. The standard InChI is InChI=1S/C22H28N2O3/c1-14(2)27-18-10-8-17(9-11-18)23-20(25)22(5,6)21(26)24-19-12-7-15(3)13-16(19)4/h7-14H,1-6H3,(H,23,25)(H,24,26). The zero-order valence-corrected chi connectivity index (χ0v) is 16.8. The van der Waals surface area contributed by atoms with Crippen LogP contribution in [-0.4, -0.2) is 17.9 Å². The van der Waals surface area contributed by atoms with Gasteiger partial charge in [-0.3, -0.25) is 9.59 Å². The Morgan fingerprint density at radius 2 is 1.52 bits per heavy atom. The summed E-state index contributed by atoms with van der Waals surface area (Å²) >= 11 is 0. The fourth-order valence-electron chi connectivity index (χ4n) is 2.51. The summed E-state index contributed by atoms with van der Waals surface area (Å²) in [7, 11) is 0. The van der Waals surface area contributed by atoms with Gasteiger partial charge in [-0.1, -0.05) is 17.7 Å². The Balaban J connectivity index is 2.06. The van der Waals surface area contributed by atoms with Gasteiger partial charge in [0.15, 0.2) is 0 Å². The van der Waals surface area contributed by atoms with Crippen LogP contribution in [0.5, 0.6) is 5.75 Å². The van der Waals surface area contributed by atoms with E-state index in [-0.39, 0.29) is 17.9 Å². The number of hydrogen-bond acceptors (Lipinski definition) is 3. The fraction of sp³-hybridized carbons (Fsp3) is 0.364. The van der Waals surface area contributed by atoms with Crippen LogP contribution >= 0.6 is 0 Å². The number of ether oxygens (including phenoxy) is 1. The van der Waals surface area contributed by atoms with E-state index in [0.29, 0.717) is 11.4 Å². The number of amides is 2. The summed E-state index contributed by atoms with van der Waals surface area (Å²) in [4.78, 5) is 25.4. The van der Waals surface area contributed by atoms with Crippen LogP contribution in [0.15, 0.2) is 42.5 Å². The molecular weight excluding hydrogens is 340 g/mol. The van der Waals surface area contributed by atoms with Gasteiger partial charge in [0, 0.05) is 11.4 Å². The first kappa shape index (κ1) is 20.5. The molecule has 0 aliphatic rings. The van der Waals surface area contributed by atoms with Crippen molar-refractivity contribution >= 4 is 23.2 Å². The van der Waals surface area contributed by atoms with Crippen LogP contribution in [-0.2, 0) is 9.59 Å². The molecule has 0 aliphatic heterocycles. The van der Waals surface area contributed by atoms with E-state index < -0.39 is 5.41 Å². The maximum absolute atomic E-state index is 12.7. The van der Waals surface area contributed by atoms with Crippen LogP contribution in [0.25, 0.3) is 0 Å². The molecule has 5 heteroatoms. The summed E-state index contributed by atoms with van der Waals surface area (Å²) in [5.74, 6) is 0.00357. The summed E-state index contributed by atoms with van der Waals surface area (Å²) in [5.41, 5.74) is 2.17.